The maximum absolute atomic E-state index is 12.1. The predicted molar refractivity (Wildman–Crippen MR) is 93.8 cm³/mol. The fourth-order valence-corrected chi connectivity index (χ4v) is 3.38. The van der Waals surface area contributed by atoms with Gasteiger partial charge in [0.1, 0.15) is 13.2 Å². The second-order valence-corrected chi connectivity index (χ2v) is 7.36. The van der Waals surface area contributed by atoms with Crippen molar-refractivity contribution in [2.24, 2.45) is 0 Å². The van der Waals surface area contributed by atoms with E-state index >= 15 is 0 Å². The number of carbonyl (C=O) groups excluding carboxylic acids is 2. The smallest absolute Gasteiger partial charge is 0.331 e. The zero-order valence-corrected chi connectivity index (χ0v) is 14.9. The number of thiophene rings is 1. The fraction of sp³-hybridized carbons (Fsp3) is 0.176. The SMILES string of the molecule is O=C(/C=C/c1ccc(Br)s1)OCC(=O)c1ccc2c(c1)OCCO2. The van der Waals surface area contributed by atoms with E-state index < -0.39 is 5.97 Å². The lowest BCUT2D eigenvalue weighted by Gasteiger charge is -2.18. The highest BCUT2D eigenvalue weighted by Gasteiger charge is 2.15. The van der Waals surface area contributed by atoms with Gasteiger partial charge in [-0.3, -0.25) is 4.79 Å². The molecule has 3 rings (SSSR count). The van der Waals surface area contributed by atoms with Crippen LogP contribution in [0, 0.1) is 0 Å². The van der Waals surface area contributed by atoms with Gasteiger partial charge >= 0.3 is 5.97 Å². The summed E-state index contributed by atoms with van der Waals surface area (Å²) in [7, 11) is 0. The lowest BCUT2D eigenvalue weighted by Crippen LogP contribution is -2.17. The summed E-state index contributed by atoms with van der Waals surface area (Å²) in [5.74, 6) is 0.277. The number of hydrogen-bond donors (Lipinski definition) is 0. The van der Waals surface area contributed by atoms with Gasteiger partial charge in [0.25, 0.3) is 0 Å². The molecule has 0 radical (unpaired) electrons. The summed E-state index contributed by atoms with van der Waals surface area (Å²) in [4.78, 5) is 24.7. The molecule has 24 heavy (non-hydrogen) atoms. The number of fused-ring (bicyclic) bond motifs is 1. The van der Waals surface area contributed by atoms with E-state index in [0.29, 0.717) is 30.3 Å². The van der Waals surface area contributed by atoms with Gasteiger partial charge in [-0.25, -0.2) is 4.79 Å². The van der Waals surface area contributed by atoms with Crippen molar-refractivity contribution in [2.75, 3.05) is 19.8 Å². The molecule has 0 amide bonds. The molecule has 5 nitrogen and oxygen atoms in total. The fourth-order valence-electron chi connectivity index (χ4n) is 2.05. The molecular formula is C17H13BrO5S. The molecule has 0 N–H and O–H groups in total. The van der Waals surface area contributed by atoms with E-state index in [0.717, 1.165) is 8.66 Å². The average Bonchev–Trinajstić information content (AvgIpc) is 3.02. The number of halogens is 1. The quantitative estimate of drug-likeness (QED) is 0.428. The first-order valence-electron chi connectivity index (χ1n) is 7.15. The number of esters is 1. The number of rotatable bonds is 5. The molecule has 0 saturated heterocycles. The summed E-state index contributed by atoms with van der Waals surface area (Å²) in [6.45, 7) is 0.616. The predicted octanol–water partition coefficient (Wildman–Crippen LogP) is 3.72. The molecule has 0 atom stereocenters. The molecule has 2 heterocycles. The van der Waals surface area contributed by atoms with Crippen molar-refractivity contribution < 1.29 is 23.8 Å². The molecule has 0 spiro atoms. The Morgan fingerprint density at radius 2 is 1.96 bits per heavy atom. The van der Waals surface area contributed by atoms with E-state index in [-0.39, 0.29) is 12.4 Å². The summed E-state index contributed by atoms with van der Waals surface area (Å²) in [5, 5.41) is 0. The van der Waals surface area contributed by atoms with Crippen LogP contribution in [0.2, 0.25) is 0 Å². The Kier molecular flexibility index (Phi) is 5.32. The van der Waals surface area contributed by atoms with E-state index in [1.165, 1.54) is 17.4 Å². The van der Waals surface area contributed by atoms with Crippen LogP contribution in [0.1, 0.15) is 15.2 Å². The van der Waals surface area contributed by atoms with Gasteiger partial charge in [0.05, 0.1) is 3.79 Å². The monoisotopic (exact) mass is 408 g/mol. The number of Topliss-reactive ketones (excluding diaryl/α,β-unsaturated/α-hetero) is 1. The van der Waals surface area contributed by atoms with Gasteiger partial charge in [-0.2, -0.15) is 0 Å². The number of ether oxygens (including phenoxy) is 3. The second-order valence-electron chi connectivity index (χ2n) is 4.86. The van der Waals surface area contributed by atoms with Crippen molar-refractivity contribution in [1.82, 2.24) is 0 Å². The highest BCUT2D eigenvalue weighted by Crippen LogP contribution is 2.30. The Labute approximate surface area is 151 Å². The standard InChI is InChI=1S/C17H13BrO5S/c18-16-5-2-12(24-16)3-6-17(20)23-10-13(19)11-1-4-14-15(9-11)22-8-7-21-14/h1-6,9H,7-8,10H2/b6-3+. The molecule has 124 valence electrons. The number of ketones is 1. The van der Waals surface area contributed by atoms with E-state index in [2.05, 4.69) is 15.9 Å². The average molecular weight is 409 g/mol. The Morgan fingerprint density at radius 1 is 1.17 bits per heavy atom. The topological polar surface area (TPSA) is 61.8 Å². The molecule has 2 aromatic rings. The summed E-state index contributed by atoms with van der Waals surface area (Å²) in [6, 6.07) is 8.67. The molecule has 7 heteroatoms. The molecule has 0 bridgehead atoms. The van der Waals surface area contributed by atoms with Gasteiger partial charge in [-0.05, 0) is 52.3 Å². The summed E-state index contributed by atoms with van der Waals surface area (Å²) in [5.41, 5.74) is 0.415. The largest absolute Gasteiger partial charge is 0.486 e. The second kappa shape index (κ2) is 7.63. The van der Waals surface area contributed by atoms with Crippen LogP contribution in [0.5, 0.6) is 11.5 Å². The van der Waals surface area contributed by atoms with Crippen LogP contribution in [0.25, 0.3) is 6.08 Å². The van der Waals surface area contributed by atoms with E-state index in [1.807, 2.05) is 12.1 Å². The van der Waals surface area contributed by atoms with Crippen LogP contribution in [0.15, 0.2) is 40.2 Å². The van der Waals surface area contributed by atoms with Gasteiger partial charge < -0.3 is 14.2 Å². The third kappa shape index (κ3) is 4.24. The van der Waals surface area contributed by atoms with Crippen molar-refractivity contribution in [2.45, 2.75) is 0 Å². The number of benzene rings is 1. The summed E-state index contributed by atoms with van der Waals surface area (Å²) >= 11 is 4.84. The van der Waals surface area contributed by atoms with E-state index in [9.17, 15) is 9.59 Å². The molecule has 1 aromatic carbocycles. The van der Waals surface area contributed by atoms with Crippen LogP contribution in [-0.4, -0.2) is 31.6 Å². The highest BCUT2D eigenvalue weighted by atomic mass is 79.9. The molecular weight excluding hydrogens is 396 g/mol. The first-order valence-corrected chi connectivity index (χ1v) is 8.76. The lowest BCUT2D eigenvalue weighted by molar-refractivity contribution is -0.136. The Bertz CT molecular complexity index is 796. The van der Waals surface area contributed by atoms with Gasteiger partial charge in [0, 0.05) is 16.5 Å². The third-order valence-corrected chi connectivity index (χ3v) is 4.78. The molecule has 0 unspecified atom stereocenters. The first kappa shape index (κ1) is 16.7. The minimum Gasteiger partial charge on any atom is -0.486 e. The molecule has 0 saturated carbocycles. The molecule has 1 aliphatic heterocycles. The normalized spacial score (nSPS) is 13.0. The minimum absolute atomic E-state index is 0.299. The van der Waals surface area contributed by atoms with Gasteiger partial charge in [-0.1, -0.05) is 0 Å². The van der Waals surface area contributed by atoms with Crippen LogP contribution >= 0.6 is 27.3 Å². The van der Waals surface area contributed by atoms with Crippen LogP contribution < -0.4 is 9.47 Å². The Balaban J connectivity index is 1.55. The maximum Gasteiger partial charge on any atom is 0.331 e. The van der Waals surface area contributed by atoms with Crippen molar-refractivity contribution in [1.29, 1.82) is 0 Å². The van der Waals surface area contributed by atoms with Crippen molar-refractivity contribution >= 4 is 45.1 Å². The third-order valence-electron chi connectivity index (χ3n) is 3.19. The molecule has 1 aromatic heterocycles. The van der Waals surface area contributed by atoms with Crippen molar-refractivity contribution in [3.8, 4) is 11.5 Å². The van der Waals surface area contributed by atoms with Crippen LogP contribution in [0.3, 0.4) is 0 Å². The van der Waals surface area contributed by atoms with E-state index in [4.69, 9.17) is 14.2 Å². The Morgan fingerprint density at radius 3 is 2.71 bits per heavy atom. The van der Waals surface area contributed by atoms with Gasteiger partial charge in [0.2, 0.25) is 0 Å². The van der Waals surface area contributed by atoms with Crippen LogP contribution in [-0.2, 0) is 9.53 Å². The molecule has 0 fully saturated rings. The van der Waals surface area contributed by atoms with Crippen molar-refractivity contribution in [3.63, 3.8) is 0 Å². The molecule has 0 aliphatic carbocycles. The Hall–Kier alpha value is -2.12. The zero-order chi connectivity index (χ0) is 16.9. The lowest BCUT2D eigenvalue weighted by atomic mass is 10.1. The van der Waals surface area contributed by atoms with Gasteiger partial charge in [0.15, 0.2) is 23.9 Å². The van der Waals surface area contributed by atoms with Crippen LogP contribution in [0.4, 0.5) is 0 Å². The first-order chi connectivity index (χ1) is 11.6. The zero-order valence-electron chi connectivity index (χ0n) is 12.5. The summed E-state index contributed by atoms with van der Waals surface area (Å²) in [6.07, 6.45) is 2.95. The molecule has 1 aliphatic rings. The van der Waals surface area contributed by atoms with E-state index in [1.54, 1.807) is 24.3 Å². The highest BCUT2D eigenvalue weighted by molar-refractivity contribution is 9.11. The summed E-state index contributed by atoms with van der Waals surface area (Å²) < 4.78 is 16.8. The van der Waals surface area contributed by atoms with Crippen molar-refractivity contribution in [3.05, 3.63) is 50.6 Å². The maximum atomic E-state index is 12.1. The van der Waals surface area contributed by atoms with Gasteiger partial charge in [-0.15, -0.1) is 11.3 Å². The number of hydrogen-bond acceptors (Lipinski definition) is 6. The number of carbonyl (C=O) groups is 2. The minimum atomic E-state index is -0.564.